The summed E-state index contributed by atoms with van der Waals surface area (Å²) in [7, 11) is 3.10. The van der Waals surface area contributed by atoms with Gasteiger partial charge in [-0.1, -0.05) is 6.92 Å². The van der Waals surface area contributed by atoms with Crippen molar-refractivity contribution in [3.8, 4) is 5.75 Å². The number of benzene rings is 1. The molecule has 9 heteroatoms. The van der Waals surface area contributed by atoms with Gasteiger partial charge in [-0.25, -0.2) is 0 Å². The lowest BCUT2D eigenvalue weighted by Gasteiger charge is -2.36. The lowest BCUT2D eigenvalue weighted by atomic mass is 9.70. The van der Waals surface area contributed by atoms with Crippen molar-refractivity contribution < 1.29 is 29.0 Å². The molecule has 0 aliphatic carbocycles. The summed E-state index contributed by atoms with van der Waals surface area (Å²) in [4.78, 5) is 41.2. The molecule has 6 atom stereocenters. The molecule has 1 spiro atoms. The molecular formula is C22H29N3O6. The van der Waals surface area contributed by atoms with Crippen LogP contribution in [0.25, 0.3) is 0 Å². The highest BCUT2D eigenvalue weighted by Gasteiger charge is 2.74. The van der Waals surface area contributed by atoms with Crippen LogP contribution in [0.2, 0.25) is 0 Å². The summed E-state index contributed by atoms with van der Waals surface area (Å²) < 4.78 is 11.4. The summed E-state index contributed by atoms with van der Waals surface area (Å²) in [6, 6.07) is 5.44. The van der Waals surface area contributed by atoms with E-state index in [9.17, 15) is 19.5 Å². The minimum atomic E-state index is -1.07. The number of fused-ring (bicyclic) bond motifs is 1. The molecule has 4 rings (SSSR count). The summed E-state index contributed by atoms with van der Waals surface area (Å²) in [5.41, 5.74) is -0.511. The van der Waals surface area contributed by atoms with Crippen molar-refractivity contribution in [1.29, 1.82) is 0 Å². The Balaban J connectivity index is 1.71. The predicted molar refractivity (Wildman–Crippen MR) is 111 cm³/mol. The fraction of sp³-hybridized carbons (Fsp3) is 0.591. The van der Waals surface area contributed by atoms with Crippen molar-refractivity contribution >= 4 is 23.4 Å². The van der Waals surface area contributed by atoms with Crippen molar-refractivity contribution in [2.45, 2.75) is 50.0 Å². The molecule has 2 bridgehead atoms. The van der Waals surface area contributed by atoms with Crippen LogP contribution in [0.15, 0.2) is 24.3 Å². The van der Waals surface area contributed by atoms with Gasteiger partial charge in [0.15, 0.2) is 0 Å². The summed E-state index contributed by atoms with van der Waals surface area (Å²) in [5.74, 6) is -1.65. The van der Waals surface area contributed by atoms with Gasteiger partial charge in [-0.2, -0.15) is 0 Å². The molecule has 1 aromatic carbocycles. The SMILES string of the molecule is CC[C@@H](CO)N1C(=O)[C@@H]2[C@@H](C(=O)NC)[C@H]3CCC2(O3)C1C(=O)Nc1ccc(OC)cc1. The first-order chi connectivity index (χ1) is 14.9. The molecule has 9 nitrogen and oxygen atoms in total. The first-order valence-electron chi connectivity index (χ1n) is 10.7. The third kappa shape index (κ3) is 3.18. The number of amides is 3. The Bertz CT molecular complexity index is 871. The first-order valence-corrected chi connectivity index (χ1v) is 10.7. The van der Waals surface area contributed by atoms with E-state index in [0.29, 0.717) is 30.7 Å². The first kappa shape index (κ1) is 21.6. The van der Waals surface area contributed by atoms with Gasteiger partial charge >= 0.3 is 0 Å². The maximum absolute atomic E-state index is 13.6. The molecule has 0 saturated carbocycles. The summed E-state index contributed by atoms with van der Waals surface area (Å²) in [5, 5.41) is 15.5. The molecule has 1 aromatic rings. The smallest absolute Gasteiger partial charge is 0.250 e. The average molecular weight is 431 g/mol. The number of nitrogens with one attached hydrogen (secondary N) is 2. The molecule has 3 aliphatic heterocycles. The Kier molecular flexibility index (Phi) is 5.65. The van der Waals surface area contributed by atoms with Crippen molar-refractivity contribution in [1.82, 2.24) is 10.2 Å². The molecule has 3 aliphatic rings. The minimum Gasteiger partial charge on any atom is -0.497 e. The van der Waals surface area contributed by atoms with E-state index in [0.717, 1.165) is 0 Å². The molecule has 3 saturated heterocycles. The van der Waals surface area contributed by atoms with Crippen LogP contribution in [0.3, 0.4) is 0 Å². The highest BCUT2D eigenvalue weighted by molar-refractivity contribution is 6.03. The summed E-state index contributed by atoms with van der Waals surface area (Å²) in [6.07, 6.45) is 1.21. The van der Waals surface area contributed by atoms with Gasteiger partial charge in [-0.3, -0.25) is 14.4 Å². The van der Waals surface area contributed by atoms with Crippen LogP contribution in [0.4, 0.5) is 5.69 Å². The maximum atomic E-state index is 13.6. The van der Waals surface area contributed by atoms with E-state index in [1.807, 2.05) is 6.92 Å². The van der Waals surface area contributed by atoms with Crippen LogP contribution in [0.5, 0.6) is 5.75 Å². The maximum Gasteiger partial charge on any atom is 0.250 e. The van der Waals surface area contributed by atoms with Crippen LogP contribution in [0, 0.1) is 11.8 Å². The quantitative estimate of drug-likeness (QED) is 0.580. The van der Waals surface area contributed by atoms with Gasteiger partial charge < -0.3 is 30.1 Å². The Morgan fingerprint density at radius 1 is 1.32 bits per heavy atom. The zero-order chi connectivity index (χ0) is 22.3. The van der Waals surface area contributed by atoms with E-state index in [4.69, 9.17) is 9.47 Å². The van der Waals surface area contributed by atoms with E-state index in [1.54, 1.807) is 31.4 Å². The number of methoxy groups -OCH3 is 1. The number of nitrogens with zero attached hydrogens (tertiary/aromatic N) is 1. The number of hydrogen-bond acceptors (Lipinski definition) is 6. The van der Waals surface area contributed by atoms with Gasteiger partial charge in [0, 0.05) is 12.7 Å². The van der Waals surface area contributed by atoms with Gasteiger partial charge in [0.2, 0.25) is 17.7 Å². The van der Waals surface area contributed by atoms with Crippen LogP contribution in [-0.2, 0) is 19.1 Å². The third-order valence-corrected chi connectivity index (χ3v) is 6.97. The predicted octanol–water partition coefficient (Wildman–Crippen LogP) is 0.525. The lowest BCUT2D eigenvalue weighted by molar-refractivity contribution is -0.144. The van der Waals surface area contributed by atoms with Gasteiger partial charge in [0.05, 0.1) is 37.7 Å². The normalized spacial score (nSPS) is 32.0. The summed E-state index contributed by atoms with van der Waals surface area (Å²) in [6.45, 7) is 1.58. The molecule has 3 heterocycles. The average Bonchev–Trinajstić information content (AvgIpc) is 3.42. The zero-order valence-electron chi connectivity index (χ0n) is 18.0. The highest BCUT2D eigenvalue weighted by atomic mass is 16.5. The fourth-order valence-electron chi connectivity index (χ4n) is 5.55. The Hall–Kier alpha value is -2.65. The topological polar surface area (TPSA) is 117 Å². The molecule has 3 N–H and O–H groups in total. The number of carbonyl (C=O) groups excluding carboxylic acids is 3. The third-order valence-electron chi connectivity index (χ3n) is 6.97. The molecule has 2 unspecified atom stereocenters. The van der Waals surface area contributed by atoms with Crippen molar-refractivity contribution in [3.05, 3.63) is 24.3 Å². The van der Waals surface area contributed by atoms with Crippen LogP contribution < -0.4 is 15.4 Å². The number of ether oxygens (including phenoxy) is 2. The van der Waals surface area contributed by atoms with Gasteiger partial charge in [0.1, 0.15) is 17.4 Å². The van der Waals surface area contributed by atoms with Gasteiger partial charge in [-0.05, 0) is 43.5 Å². The lowest BCUT2D eigenvalue weighted by Crippen LogP contribution is -2.56. The second-order valence-electron chi connectivity index (χ2n) is 8.38. The second kappa shape index (κ2) is 8.12. The zero-order valence-corrected chi connectivity index (χ0v) is 18.0. The number of carbonyl (C=O) groups is 3. The van der Waals surface area contributed by atoms with Crippen LogP contribution >= 0.6 is 0 Å². The highest BCUT2D eigenvalue weighted by Crippen LogP contribution is 2.58. The Morgan fingerprint density at radius 2 is 2.03 bits per heavy atom. The Morgan fingerprint density at radius 3 is 2.61 bits per heavy atom. The van der Waals surface area contributed by atoms with E-state index >= 15 is 0 Å². The molecule has 0 radical (unpaired) electrons. The molecule has 31 heavy (non-hydrogen) atoms. The second-order valence-corrected chi connectivity index (χ2v) is 8.38. The van der Waals surface area contributed by atoms with E-state index in [2.05, 4.69) is 10.6 Å². The molecule has 168 valence electrons. The molecule has 3 amide bonds. The van der Waals surface area contributed by atoms with Gasteiger partial charge in [-0.15, -0.1) is 0 Å². The number of likely N-dealkylation sites (tertiary alicyclic amines) is 1. The fourth-order valence-corrected chi connectivity index (χ4v) is 5.55. The summed E-state index contributed by atoms with van der Waals surface area (Å²) >= 11 is 0. The largest absolute Gasteiger partial charge is 0.497 e. The van der Waals surface area contributed by atoms with Crippen molar-refractivity contribution in [3.63, 3.8) is 0 Å². The molecular weight excluding hydrogens is 402 g/mol. The number of aliphatic hydroxyl groups is 1. The van der Waals surface area contributed by atoms with E-state index in [1.165, 1.54) is 11.9 Å². The van der Waals surface area contributed by atoms with E-state index < -0.39 is 29.5 Å². The van der Waals surface area contributed by atoms with Crippen molar-refractivity contribution in [2.75, 3.05) is 26.1 Å². The van der Waals surface area contributed by atoms with Crippen LogP contribution in [0.1, 0.15) is 26.2 Å². The number of rotatable bonds is 7. The van der Waals surface area contributed by atoms with E-state index in [-0.39, 0.29) is 30.4 Å². The Labute approximate surface area is 181 Å². The number of hydrogen-bond donors (Lipinski definition) is 3. The van der Waals surface area contributed by atoms with Crippen LogP contribution in [-0.4, -0.2) is 72.3 Å². The number of anilines is 1. The standard InChI is InChI=1S/C22H29N3O6/c1-4-13(11-26)25-18(20(28)24-12-5-7-14(30-3)8-6-12)22-10-9-15(31-22)16(19(27)23-2)17(22)21(25)29/h5-8,13,15-18,26H,4,9-11H2,1-3H3,(H,23,27)(H,24,28)/t13-,15+,16-,17-,18?,22?/m0/s1. The van der Waals surface area contributed by atoms with Gasteiger partial charge in [0.25, 0.3) is 0 Å². The monoisotopic (exact) mass is 431 g/mol. The minimum absolute atomic E-state index is 0.252. The van der Waals surface area contributed by atoms with Crippen molar-refractivity contribution in [2.24, 2.45) is 11.8 Å². The molecule has 3 fully saturated rings. The number of aliphatic hydroxyl groups excluding tert-OH is 1. The molecule has 0 aromatic heterocycles.